The number of allylic oxidation sites excluding steroid dienone is 1. The third kappa shape index (κ3) is 6.13. The standard InChI is InChI=1S/C25H20Cl3NO3/c1-25(2,24(31)29-23-20(27)4-3-5-21(23)28)32-19-13-6-16(7-14-19)8-15-22(30)17-9-11-18(26)12-10-17/h3-15H,1-2H3,(H,29,31)/b15-8-. The van der Waals surface area contributed by atoms with Crippen molar-refractivity contribution >= 4 is 58.3 Å². The van der Waals surface area contributed by atoms with Crippen LogP contribution in [0, 0.1) is 0 Å². The molecule has 4 nitrogen and oxygen atoms in total. The van der Waals surface area contributed by atoms with Crippen molar-refractivity contribution in [3.8, 4) is 5.75 Å². The first-order valence-electron chi connectivity index (χ1n) is 9.68. The normalized spacial score (nSPS) is 11.4. The summed E-state index contributed by atoms with van der Waals surface area (Å²) in [5, 5.41) is 3.97. The maximum Gasteiger partial charge on any atom is 0.268 e. The van der Waals surface area contributed by atoms with E-state index in [1.54, 1.807) is 86.7 Å². The molecule has 3 aromatic rings. The van der Waals surface area contributed by atoms with E-state index in [4.69, 9.17) is 39.5 Å². The van der Waals surface area contributed by atoms with Gasteiger partial charge in [-0.05, 0) is 74.0 Å². The summed E-state index contributed by atoms with van der Waals surface area (Å²) < 4.78 is 5.87. The van der Waals surface area contributed by atoms with Gasteiger partial charge in [0, 0.05) is 10.6 Å². The van der Waals surface area contributed by atoms with Gasteiger partial charge in [0.25, 0.3) is 5.91 Å². The van der Waals surface area contributed by atoms with Crippen molar-refractivity contribution in [3.05, 3.63) is 99.0 Å². The lowest BCUT2D eigenvalue weighted by molar-refractivity contribution is -0.128. The summed E-state index contributed by atoms with van der Waals surface area (Å²) in [5.74, 6) is -0.0281. The molecule has 0 atom stereocenters. The third-order valence-electron chi connectivity index (χ3n) is 4.56. The van der Waals surface area contributed by atoms with Gasteiger partial charge in [-0.15, -0.1) is 0 Å². The van der Waals surface area contributed by atoms with Crippen LogP contribution in [0.3, 0.4) is 0 Å². The number of amides is 1. The van der Waals surface area contributed by atoms with Crippen molar-refractivity contribution in [1.82, 2.24) is 0 Å². The molecule has 0 radical (unpaired) electrons. The minimum absolute atomic E-state index is 0.127. The molecule has 0 saturated carbocycles. The molecule has 0 unspecified atom stereocenters. The molecule has 1 N–H and O–H groups in total. The number of benzene rings is 3. The zero-order chi connectivity index (χ0) is 23.3. The van der Waals surface area contributed by atoms with Crippen molar-refractivity contribution in [3.63, 3.8) is 0 Å². The van der Waals surface area contributed by atoms with Crippen LogP contribution in [0.15, 0.2) is 72.8 Å². The Hall–Kier alpha value is -2.79. The average Bonchev–Trinajstić information content (AvgIpc) is 2.76. The molecule has 0 aromatic heterocycles. The summed E-state index contributed by atoms with van der Waals surface area (Å²) in [5.41, 5.74) is 0.509. The van der Waals surface area contributed by atoms with Crippen LogP contribution in [0.1, 0.15) is 29.8 Å². The van der Waals surface area contributed by atoms with E-state index < -0.39 is 11.5 Å². The minimum Gasteiger partial charge on any atom is -0.478 e. The Morgan fingerprint density at radius 3 is 2.06 bits per heavy atom. The molecule has 0 spiro atoms. The highest BCUT2D eigenvalue weighted by molar-refractivity contribution is 6.39. The highest BCUT2D eigenvalue weighted by Gasteiger charge is 2.31. The number of hydrogen-bond donors (Lipinski definition) is 1. The lowest BCUT2D eigenvalue weighted by Crippen LogP contribution is -2.42. The summed E-state index contributed by atoms with van der Waals surface area (Å²) in [6.07, 6.45) is 3.20. The van der Waals surface area contributed by atoms with E-state index in [2.05, 4.69) is 5.32 Å². The first-order valence-corrected chi connectivity index (χ1v) is 10.8. The second-order valence-electron chi connectivity index (χ2n) is 7.44. The van der Waals surface area contributed by atoms with Gasteiger partial charge in [0.1, 0.15) is 5.75 Å². The van der Waals surface area contributed by atoms with Crippen LogP contribution in [-0.2, 0) is 4.79 Å². The van der Waals surface area contributed by atoms with Crippen LogP contribution in [0.25, 0.3) is 6.08 Å². The molecule has 3 rings (SSSR count). The molecule has 1 amide bonds. The fraction of sp³-hybridized carbons (Fsp3) is 0.120. The topological polar surface area (TPSA) is 55.4 Å². The molecule has 3 aromatic carbocycles. The Labute approximate surface area is 201 Å². The lowest BCUT2D eigenvalue weighted by atomic mass is 10.1. The molecular formula is C25H20Cl3NO3. The average molecular weight is 489 g/mol. The Balaban J connectivity index is 1.64. The van der Waals surface area contributed by atoms with E-state index in [-0.39, 0.29) is 5.78 Å². The van der Waals surface area contributed by atoms with Crippen molar-refractivity contribution in [2.75, 3.05) is 5.32 Å². The largest absolute Gasteiger partial charge is 0.478 e. The minimum atomic E-state index is -1.19. The quantitative estimate of drug-likeness (QED) is 0.279. The number of halogens is 3. The molecule has 0 fully saturated rings. The van der Waals surface area contributed by atoms with E-state index in [9.17, 15) is 9.59 Å². The number of hydrogen-bond acceptors (Lipinski definition) is 3. The summed E-state index contributed by atoms with van der Waals surface area (Å²) in [4.78, 5) is 25.0. The predicted octanol–water partition coefficient (Wildman–Crippen LogP) is 7.34. The lowest BCUT2D eigenvalue weighted by Gasteiger charge is -2.26. The van der Waals surface area contributed by atoms with E-state index >= 15 is 0 Å². The highest BCUT2D eigenvalue weighted by Crippen LogP contribution is 2.31. The number of rotatable bonds is 7. The molecule has 164 valence electrons. The first kappa shape index (κ1) is 23.9. The molecule has 7 heteroatoms. The van der Waals surface area contributed by atoms with Gasteiger partial charge in [0.15, 0.2) is 11.4 Å². The van der Waals surface area contributed by atoms with Crippen LogP contribution in [-0.4, -0.2) is 17.3 Å². The fourth-order valence-electron chi connectivity index (χ4n) is 2.75. The van der Waals surface area contributed by atoms with Gasteiger partial charge in [-0.2, -0.15) is 0 Å². The van der Waals surface area contributed by atoms with Gasteiger partial charge in [0.2, 0.25) is 0 Å². The Morgan fingerprint density at radius 1 is 0.875 bits per heavy atom. The van der Waals surface area contributed by atoms with Crippen LogP contribution < -0.4 is 10.1 Å². The number of carbonyl (C=O) groups excluding carboxylic acids is 2. The first-order chi connectivity index (χ1) is 15.2. The number of anilines is 1. The molecule has 0 saturated heterocycles. The zero-order valence-corrected chi connectivity index (χ0v) is 19.6. The number of nitrogens with one attached hydrogen (secondary N) is 1. The second-order valence-corrected chi connectivity index (χ2v) is 8.69. The molecule has 0 heterocycles. The molecule has 0 aliphatic carbocycles. The van der Waals surface area contributed by atoms with Gasteiger partial charge in [0.05, 0.1) is 15.7 Å². The molecular weight excluding hydrogens is 469 g/mol. The number of ether oxygens (including phenoxy) is 1. The van der Waals surface area contributed by atoms with Crippen LogP contribution in [0.5, 0.6) is 5.75 Å². The smallest absolute Gasteiger partial charge is 0.268 e. The van der Waals surface area contributed by atoms with Gasteiger partial charge in [-0.1, -0.05) is 59.1 Å². The molecule has 0 aliphatic heterocycles. The molecule has 32 heavy (non-hydrogen) atoms. The van der Waals surface area contributed by atoms with Crippen molar-refractivity contribution < 1.29 is 14.3 Å². The number of para-hydroxylation sites is 1. The number of carbonyl (C=O) groups is 2. The zero-order valence-electron chi connectivity index (χ0n) is 17.4. The van der Waals surface area contributed by atoms with E-state index in [0.717, 1.165) is 5.56 Å². The van der Waals surface area contributed by atoms with Crippen LogP contribution in [0.4, 0.5) is 5.69 Å². The second kappa shape index (κ2) is 10.2. The van der Waals surface area contributed by atoms with Crippen molar-refractivity contribution in [1.29, 1.82) is 0 Å². The Kier molecular flexibility index (Phi) is 7.62. The van der Waals surface area contributed by atoms with E-state index in [1.807, 2.05) is 0 Å². The van der Waals surface area contributed by atoms with Gasteiger partial charge < -0.3 is 10.1 Å². The summed E-state index contributed by atoms with van der Waals surface area (Å²) >= 11 is 18.1. The van der Waals surface area contributed by atoms with Crippen molar-refractivity contribution in [2.45, 2.75) is 19.4 Å². The van der Waals surface area contributed by atoms with Crippen molar-refractivity contribution in [2.24, 2.45) is 0 Å². The predicted molar refractivity (Wildman–Crippen MR) is 131 cm³/mol. The van der Waals surface area contributed by atoms with Crippen LogP contribution >= 0.6 is 34.8 Å². The van der Waals surface area contributed by atoms with Gasteiger partial charge >= 0.3 is 0 Å². The van der Waals surface area contributed by atoms with Crippen LogP contribution in [0.2, 0.25) is 15.1 Å². The summed E-state index contributed by atoms with van der Waals surface area (Å²) in [7, 11) is 0. The fourth-order valence-corrected chi connectivity index (χ4v) is 3.37. The van der Waals surface area contributed by atoms with E-state index in [0.29, 0.717) is 32.1 Å². The number of ketones is 1. The SMILES string of the molecule is CC(C)(Oc1ccc(/C=C\C(=O)c2ccc(Cl)cc2)cc1)C(=O)Nc1c(Cl)cccc1Cl. The molecule has 0 bridgehead atoms. The maximum atomic E-state index is 12.7. The maximum absolute atomic E-state index is 12.7. The van der Waals surface area contributed by atoms with E-state index in [1.165, 1.54) is 6.08 Å². The molecule has 0 aliphatic rings. The monoisotopic (exact) mass is 487 g/mol. The summed E-state index contributed by atoms with van der Waals surface area (Å²) in [6, 6.07) is 18.7. The Bertz CT molecular complexity index is 1130. The Morgan fingerprint density at radius 2 is 1.47 bits per heavy atom. The third-order valence-corrected chi connectivity index (χ3v) is 5.44. The highest BCUT2D eigenvalue weighted by atomic mass is 35.5. The van der Waals surface area contributed by atoms with Gasteiger partial charge in [-0.25, -0.2) is 0 Å². The van der Waals surface area contributed by atoms with Gasteiger partial charge in [-0.3, -0.25) is 9.59 Å². The summed E-state index contributed by atoms with van der Waals surface area (Å²) in [6.45, 7) is 3.29.